The Balaban J connectivity index is 2.27. The van der Waals surface area contributed by atoms with Gasteiger partial charge in [-0.15, -0.1) is 0 Å². The molecule has 0 saturated carbocycles. The smallest absolute Gasteiger partial charge is 0.341 e. The molecule has 0 amide bonds. The van der Waals surface area contributed by atoms with Gasteiger partial charge in [-0.2, -0.15) is 8.78 Å². The Hall–Kier alpha value is -1.89. The van der Waals surface area contributed by atoms with Crippen LogP contribution in [0.2, 0.25) is 0 Å². The molecule has 0 radical (unpaired) electrons. The summed E-state index contributed by atoms with van der Waals surface area (Å²) in [5.74, 6) is -2.87. The van der Waals surface area contributed by atoms with Gasteiger partial charge in [0.25, 0.3) is 0 Å². The molecule has 0 unspecified atom stereocenters. The molecule has 0 saturated heterocycles. The fourth-order valence-corrected chi connectivity index (χ4v) is 2.46. The van der Waals surface area contributed by atoms with E-state index in [1.807, 2.05) is 0 Å². The molecule has 0 spiro atoms. The summed E-state index contributed by atoms with van der Waals surface area (Å²) in [4.78, 5) is -0.420. The largest absolute Gasteiger partial charge is 0.467 e. The van der Waals surface area contributed by atoms with Crippen LogP contribution in [0.1, 0.15) is 5.76 Å². The first-order valence-corrected chi connectivity index (χ1v) is 6.94. The fourth-order valence-electron chi connectivity index (χ4n) is 1.55. The van der Waals surface area contributed by atoms with E-state index in [1.165, 1.54) is 18.4 Å². The number of benzene rings is 1. The highest BCUT2D eigenvalue weighted by atomic mass is 32.2. The number of para-hydroxylation sites is 1. The maximum absolute atomic E-state index is 12.6. The van der Waals surface area contributed by atoms with Crippen molar-refractivity contribution in [1.82, 2.24) is 0 Å². The van der Waals surface area contributed by atoms with Crippen LogP contribution in [0.25, 0.3) is 0 Å². The minimum Gasteiger partial charge on any atom is -0.467 e. The monoisotopic (exact) mass is 287 g/mol. The first kappa shape index (κ1) is 13.5. The van der Waals surface area contributed by atoms with E-state index in [2.05, 4.69) is 5.32 Å². The summed E-state index contributed by atoms with van der Waals surface area (Å²) in [6.45, 7) is 0.211. The second kappa shape index (κ2) is 5.40. The second-order valence-electron chi connectivity index (χ2n) is 3.73. The topological polar surface area (TPSA) is 59.3 Å². The molecule has 1 N–H and O–H groups in total. The Bertz CT molecular complexity index is 639. The van der Waals surface area contributed by atoms with E-state index in [4.69, 9.17) is 4.42 Å². The van der Waals surface area contributed by atoms with Gasteiger partial charge < -0.3 is 9.73 Å². The van der Waals surface area contributed by atoms with Gasteiger partial charge in [0.1, 0.15) is 5.76 Å². The molecule has 0 fully saturated rings. The highest BCUT2D eigenvalue weighted by Gasteiger charge is 2.28. The Labute approximate surface area is 109 Å². The minimum absolute atomic E-state index is 0.124. The third-order valence-electron chi connectivity index (χ3n) is 2.46. The fraction of sp³-hybridized carbons (Fsp3) is 0.167. The third kappa shape index (κ3) is 2.93. The van der Waals surface area contributed by atoms with E-state index in [1.54, 1.807) is 18.2 Å². The van der Waals surface area contributed by atoms with Gasteiger partial charge in [0.05, 0.1) is 23.4 Å². The van der Waals surface area contributed by atoms with Crippen molar-refractivity contribution in [2.24, 2.45) is 0 Å². The summed E-state index contributed by atoms with van der Waals surface area (Å²) < 4.78 is 53.2. The molecular formula is C12H11F2NO3S. The van der Waals surface area contributed by atoms with Crippen molar-refractivity contribution in [1.29, 1.82) is 0 Å². The quantitative estimate of drug-likeness (QED) is 0.918. The van der Waals surface area contributed by atoms with Crippen molar-refractivity contribution in [3.8, 4) is 0 Å². The second-order valence-corrected chi connectivity index (χ2v) is 5.62. The molecule has 2 rings (SSSR count). The number of hydrogen-bond donors (Lipinski definition) is 1. The van der Waals surface area contributed by atoms with E-state index < -0.39 is 20.5 Å². The van der Waals surface area contributed by atoms with Gasteiger partial charge >= 0.3 is 5.76 Å². The van der Waals surface area contributed by atoms with Crippen LogP contribution in [0.3, 0.4) is 0 Å². The maximum Gasteiger partial charge on any atom is 0.341 e. The lowest BCUT2D eigenvalue weighted by atomic mass is 10.3. The minimum atomic E-state index is -4.63. The van der Waals surface area contributed by atoms with Gasteiger partial charge in [0.2, 0.25) is 9.84 Å². The number of hydrogen-bond acceptors (Lipinski definition) is 4. The van der Waals surface area contributed by atoms with Crippen molar-refractivity contribution < 1.29 is 21.6 Å². The molecule has 0 aliphatic rings. The third-order valence-corrected chi connectivity index (χ3v) is 3.90. The lowest BCUT2D eigenvalue weighted by Gasteiger charge is -2.11. The number of nitrogens with one attached hydrogen (secondary N) is 1. The molecule has 7 heteroatoms. The summed E-state index contributed by atoms with van der Waals surface area (Å²) in [6, 6.07) is 8.91. The van der Waals surface area contributed by atoms with Gasteiger partial charge in [-0.1, -0.05) is 12.1 Å². The molecule has 1 heterocycles. The zero-order valence-corrected chi connectivity index (χ0v) is 10.5. The molecule has 1 aromatic heterocycles. The van der Waals surface area contributed by atoms with Gasteiger partial charge in [0, 0.05) is 0 Å². The van der Waals surface area contributed by atoms with E-state index in [-0.39, 0.29) is 12.2 Å². The summed E-state index contributed by atoms with van der Waals surface area (Å²) in [5.41, 5.74) is 0.124. The molecular weight excluding hydrogens is 276 g/mol. The molecule has 4 nitrogen and oxygen atoms in total. The van der Waals surface area contributed by atoms with Crippen LogP contribution in [0.5, 0.6) is 0 Å². The van der Waals surface area contributed by atoms with Crippen molar-refractivity contribution in [2.75, 3.05) is 5.32 Å². The highest BCUT2D eigenvalue weighted by molar-refractivity contribution is 7.91. The van der Waals surface area contributed by atoms with E-state index in [0.29, 0.717) is 5.76 Å². The van der Waals surface area contributed by atoms with Crippen molar-refractivity contribution in [3.05, 3.63) is 48.4 Å². The average molecular weight is 287 g/mol. The van der Waals surface area contributed by atoms with Crippen molar-refractivity contribution in [3.63, 3.8) is 0 Å². The standard InChI is InChI=1S/C12H11F2NO3S/c13-12(14)19(16,17)11-6-2-1-5-10(11)15-8-9-4-3-7-18-9/h1-7,12,15H,8H2. The summed E-state index contributed by atoms with van der Waals surface area (Å²) in [5, 5.41) is 2.77. The molecule has 2 aromatic rings. The number of rotatable bonds is 5. The Morgan fingerprint density at radius 2 is 1.89 bits per heavy atom. The Kier molecular flexibility index (Phi) is 3.84. The molecule has 19 heavy (non-hydrogen) atoms. The van der Waals surface area contributed by atoms with Crippen LogP contribution >= 0.6 is 0 Å². The van der Waals surface area contributed by atoms with Crippen LogP contribution < -0.4 is 5.32 Å². The summed E-state index contributed by atoms with van der Waals surface area (Å²) in [6.07, 6.45) is 1.47. The number of halogens is 2. The van der Waals surface area contributed by atoms with Crippen LogP contribution in [0, 0.1) is 0 Å². The summed E-state index contributed by atoms with van der Waals surface area (Å²) in [7, 11) is -4.63. The molecule has 102 valence electrons. The highest BCUT2D eigenvalue weighted by Crippen LogP contribution is 2.26. The van der Waals surface area contributed by atoms with Crippen LogP contribution in [-0.4, -0.2) is 14.2 Å². The molecule has 0 bridgehead atoms. The lowest BCUT2D eigenvalue weighted by Crippen LogP contribution is -2.14. The summed E-state index contributed by atoms with van der Waals surface area (Å²) >= 11 is 0. The maximum atomic E-state index is 12.6. The van der Waals surface area contributed by atoms with Crippen molar-refractivity contribution >= 4 is 15.5 Å². The molecule has 1 aromatic carbocycles. The van der Waals surface area contributed by atoms with Gasteiger partial charge in [-0.05, 0) is 24.3 Å². The lowest BCUT2D eigenvalue weighted by molar-refractivity contribution is 0.235. The Morgan fingerprint density at radius 1 is 1.16 bits per heavy atom. The van der Waals surface area contributed by atoms with Crippen molar-refractivity contribution in [2.45, 2.75) is 17.2 Å². The van der Waals surface area contributed by atoms with Gasteiger partial charge in [0.15, 0.2) is 0 Å². The van der Waals surface area contributed by atoms with Crippen LogP contribution in [-0.2, 0) is 16.4 Å². The van der Waals surface area contributed by atoms with Crippen LogP contribution in [0.4, 0.5) is 14.5 Å². The van der Waals surface area contributed by atoms with Gasteiger partial charge in [-0.25, -0.2) is 8.42 Å². The van der Waals surface area contributed by atoms with Crippen LogP contribution in [0.15, 0.2) is 52.0 Å². The predicted octanol–water partition coefficient (Wildman–Crippen LogP) is 2.89. The average Bonchev–Trinajstić information content (AvgIpc) is 2.89. The van der Waals surface area contributed by atoms with E-state index in [9.17, 15) is 17.2 Å². The number of furan rings is 1. The normalized spacial score (nSPS) is 11.7. The SMILES string of the molecule is O=S(=O)(c1ccccc1NCc1ccco1)C(F)F. The first-order chi connectivity index (χ1) is 9.01. The number of anilines is 1. The zero-order chi connectivity index (χ0) is 13.9. The number of sulfone groups is 1. The zero-order valence-electron chi connectivity index (χ0n) is 9.71. The molecule has 0 aliphatic heterocycles. The van der Waals surface area contributed by atoms with E-state index in [0.717, 1.165) is 6.07 Å². The van der Waals surface area contributed by atoms with E-state index >= 15 is 0 Å². The molecule has 0 aliphatic carbocycles. The molecule has 0 atom stereocenters. The number of alkyl halides is 2. The first-order valence-electron chi connectivity index (χ1n) is 5.39. The predicted molar refractivity (Wildman–Crippen MR) is 65.7 cm³/mol. The van der Waals surface area contributed by atoms with Gasteiger partial charge in [-0.3, -0.25) is 0 Å². The Morgan fingerprint density at radius 3 is 2.53 bits per heavy atom.